The summed E-state index contributed by atoms with van der Waals surface area (Å²) in [7, 11) is 0. The van der Waals surface area contributed by atoms with E-state index in [9.17, 15) is 4.79 Å². The van der Waals surface area contributed by atoms with Gasteiger partial charge in [-0.1, -0.05) is 6.92 Å². The van der Waals surface area contributed by atoms with Gasteiger partial charge in [-0.25, -0.2) is 4.98 Å². The molecule has 1 N–H and O–H groups in total. The molecule has 0 spiro atoms. The number of ether oxygens (including phenoxy) is 1. The smallest absolute Gasteiger partial charge is 0.255 e. The quantitative estimate of drug-likeness (QED) is 0.898. The lowest BCUT2D eigenvalue weighted by Gasteiger charge is -2.33. The van der Waals surface area contributed by atoms with Gasteiger partial charge in [-0.05, 0) is 71.9 Å². The number of nitrogens with zero attached hydrogens (tertiary/aromatic N) is 2. The second-order valence-corrected chi connectivity index (χ2v) is 8.34. The summed E-state index contributed by atoms with van der Waals surface area (Å²) < 4.78 is 8.06. The maximum absolute atomic E-state index is 12.8. The fourth-order valence-corrected chi connectivity index (χ4v) is 3.75. The van der Waals surface area contributed by atoms with Crippen molar-refractivity contribution in [1.82, 2.24) is 14.7 Å². The largest absolute Gasteiger partial charge is 0.373 e. The molecular weight excluding hydrogens is 326 g/mol. The Kier molecular flexibility index (Phi) is 5.37. The summed E-state index contributed by atoms with van der Waals surface area (Å²) in [6.07, 6.45) is 7.01. The van der Waals surface area contributed by atoms with Crippen LogP contribution in [0.3, 0.4) is 0 Å². The molecule has 0 atom stereocenters. The second kappa shape index (κ2) is 7.39. The van der Waals surface area contributed by atoms with E-state index in [4.69, 9.17) is 4.74 Å². The lowest BCUT2D eigenvalue weighted by atomic mass is 9.92. The molecule has 0 bridgehead atoms. The first kappa shape index (κ1) is 18.9. The molecule has 1 aliphatic carbocycles. The third-order valence-electron chi connectivity index (χ3n) is 5.00. The minimum absolute atomic E-state index is 0.0205. The third kappa shape index (κ3) is 4.26. The van der Waals surface area contributed by atoms with Crippen molar-refractivity contribution in [2.24, 2.45) is 0 Å². The first-order valence-electron chi connectivity index (χ1n) is 9.73. The van der Waals surface area contributed by atoms with Crippen LogP contribution in [0.15, 0.2) is 18.3 Å². The maximum Gasteiger partial charge on any atom is 0.255 e. The number of hydrogen-bond acceptors (Lipinski definition) is 3. The summed E-state index contributed by atoms with van der Waals surface area (Å²) in [6, 6.07) is 4.16. The van der Waals surface area contributed by atoms with Crippen LogP contribution in [-0.2, 0) is 11.2 Å². The number of rotatable bonds is 4. The molecule has 1 aliphatic rings. The minimum atomic E-state index is -0.104. The zero-order valence-corrected chi connectivity index (χ0v) is 16.6. The van der Waals surface area contributed by atoms with Crippen molar-refractivity contribution in [3.8, 4) is 0 Å². The van der Waals surface area contributed by atoms with Crippen molar-refractivity contribution in [3.63, 3.8) is 0 Å². The van der Waals surface area contributed by atoms with E-state index < -0.39 is 0 Å². The molecule has 0 radical (unpaired) electrons. The lowest BCUT2D eigenvalue weighted by Crippen LogP contribution is -2.40. The Bertz CT molecular complexity index is 780. The van der Waals surface area contributed by atoms with E-state index in [1.165, 1.54) is 0 Å². The average Bonchev–Trinajstić information content (AvgIpc) is 2.99. The first-order chi connectivity index (χ1) is 12.3. The van der Waals surface area contributed by atoms with E-state index in [1.807, 2.05) is 23.6 Å². The number of fused-ring (bicyclic) bond motifs is 1. The normalized spacial score (nSPS) is 21.1. The molecule has 0 unspecified atom stereocenters. The molecule has 5 nitrogen and oxygen atoms in total. The summed E-state index contributed by atoms with van der Waals surface area (Å²) in [5, 5.41) is 3.21. The Morgan fingerprint density at radius 2 is 2.00 bits per heavy atom. The fourth-order valence-electron chi connectivity index (χ4n) is 3.75. The highest BCUT2D eigenvalue weighted by molar-refractivity contribution is 6.00. The highest BCUT2D eigenvalue weighted by Gasteiger charge is 2.27. The maximum atomic E-state index is 12.8. The van der Waals surface area contributed by atoms with Gasteiger partial charge in [-0.3, -0.25) is 4.79 Å². The molecule has 1 saturated carbocycles. The van der Waals surface area contributed by atoms with Crippen molar-refractivity contribution in [2.45, 2.75) is 84.5 Å². The Balaban J connectivity index is 1.66. The van der Waals surface area contributed by atoms with Gasteiger partial charge in [0.2, 0.25) is 0 Å². The Hall–Kier alpha value is -1.88. The molecule has 5 heteroatoms. The zero-order chi connectivity index (χ0) is 18.9. The third-order valence-corrected chi connectivity index (χ3v) is 5.00. The van der Waals surface area contributed by atoms with Gasteiger partial charge in [0, 0.05) is 23.6 Å². The van der Waals surface area contributed by atoms with E-state index in [-0.39, 0.29) is 17.6 Å². The van der Waals surface area contributed by atoms with Crippen molar-refractivity contribution < 1.29 is 9.53 Å². The van der Waals surface area contributed by atoms with E-state index in [0.29, 0.717) is 11.7 Å². The molecule has 1 amide bonds. The average molecular weight is 357 g/mol. The fraction of sp³-hybridized carbons (Fsp3) is 0.619. The number of amides is 1. The van der Waals surface area contributed by atoms with E-state index in [0.717, 1.165) is 49.1 Å². The van der Waals surface area contributed by atoms with Crippen molar-refractivity contribution in [1.29, 1.82) is 0 Å². The Morgan fingerprint density at radius 1 is 1.31 bits per heavy atom. The first-order valence-corrected chi connectivity index (χ1v) is 9.73. The lowest BCUT2D eigenvalue weighted by molar-refractivity contribution is -0.0757. The molecule has 0 aromatic carbocycles. The number of hydrogen-bond donors (Lipinski definition) is 1. The van der Waals surface area contributed by atoms with Gasteiger partial charge >= 0.3 is 0 Å². The van der Waals surface area contributed by atoms with E-state index in [1.54, 1.807) is 0 Å². The zero-order valence-electron chi connectivity index (χ0n) is 16.6. The van der Waals surface area contributed by atoms with Crippen molar-refractivity contribution in [2.75, 3.05) is 0 Å². The van der Waals surface area contributed by atoms with Crippen LogP contribution in [0.1, 0.15) is 75.1 Å². The molecule has 2 aromatic rings. The van der Waals surface area contributed by atoms with Crippen LogP contribution in [0.4, 0.5) is 0 Å². The number of nitrogens with one attached hydrogen (secondary N) is 1. The van der Waals surface area contributed by atoms with Crippen LogP contribution in [-0.4, -0.2) is 33.0 Å². The Morgan fingerprint density at radius 3 is 2.62 bits per heavy atom. The number of carbonyl (C=O) groups excluding carboxylic acids is 1. The summed E-state index contributed by atoms with van der Waals surface area (Å²) in [6.45, 7) is 10.4. The predicted molar refractivity (Wildman–Crippen MR) is 104 cm³/mol. The van der Waals surface area contributed by atoms with Crippen LogP contribution >= 0.6 is 0 Å². The molecule has 2 aromatic heterocycles. The van der Waals surface area contributed by atoms with Crippen molar-refractivity contribution >= 4 is 11.6 Å². The van der Waals surface area contributed by atoms with Crippen LogP contribution in [0, 0.1) is 6.92 Å². The SMILES string of the molecule is CCc1cc(C)n2ccc(C(=O)NC3CCC(OC(C)(C)C)CC3)c2n1. The van der Waals surface area contributed by atoms with Crippen LogP contribution in [0.2, 0.25) is 0 Å². The molecule has 0 saturated heterocycles. The van der Waals surface area contributed by atoms with Crippen LogP contribution in [0.25, 0.3) is 5.65 Å². The van der Waals surface area contributed by atoms with E-state index >= 15 is 0 Å². The van der Waals surface area contributed by atoms with Gasteiger partial charge in [-0.15, -0.1) is 0 Å². The Labute approximate surface area is 156 Å². The molecule has 0 aliphatic heterocycles. The van der Waals surface area contributed by atoms with Gasteiger partial charge in [0.05, 0.1) is 17.3 Å². The molecule has 3 rings (SSSR count). The van der Waals surface area contributed by atoms with Crippen molar-refractivity contribution in [3.05, 3.63) is 35.3 Å². The molecule has 26 heavy (non-hydrogen) atoms. The highest BCUT2D eigenvalue weighted by atomic mass is 16.5. The summed E-state index contributed by atoms with van der Waals surface area (Å²) >= 11 is 0. The number of aromatic nitrogens is 2. The van der Waals surface area contributed by atoms with Gasteiger partial charge in [0.25, 0.3) is 5.91 Å². The van der Waals surface area contributed by atoms with Gasteiger partial charge in [0.15, 0.2) is 0 Å². The summed E-state index contributed by atoms with van der Waals surface area (Å²) in [4.78, 5) is 17.5. The number of aryl methyl sites for hydroxylation is 2. The summed E-state index contributed by atoms with van der Waals surface area (Å²) in [5.74, 6) is -0.0205. The predicted octanol–water partition coefficient (Wildman–Crippen LogP) is 4.06. The minimum Gasteiger partial charge on any atom is -0.373 e. The molecule has 1 fully saturated rings. The topological polar surface area (TPSA) is 55.6 Å². The second-order valence-electron chi connectivity index (χ2n) is 8.34. The van der Waals surface area contributed by atoms with Gasteiger partial charge in [-0.2, -0.15) is 0 Å². The van der Waals surface area contributed by atoms with E-state index in [2.05, 4.69) is 44.1 Å². The highest BCUT2D eigenvalue weighted by Crippen LogP contribution is 2.25. The van der Waals surface area contributed by atoms with Crippen LogP contribution < -0.4 is 5.32 Å². The van der Waals surface area contributed by atoms with Gasteiger partial charge in [0.1, 0.15) is 5.65 Å². The molecule has 2 heterocycles. The van der Waals surface area contributed by atoms with Gasteiger partial charge < -0.3 is 14.5 Å². The monoisotopic (exact) mass is 357 g/mol. The molecular formula is C21H31N3O2. The standard InChI is InChI=1S/C21H31N3O2/c1-6-15-13-14(2)24-12-11-18(19(24)22-15)20(25)23-16-7-9-17(10-8-16)26-21(3,4)5/h11-13,16-17H,6-10H2,1-5H3,(H,23,25). The molecule has 142 valence electrons. The van der Waals surface area contributed by atoms with Crippen LogP contribution in [0.5, 0.6) is 0 Å². The summed E-state index contributed by atoms with van der Waals surface area (Å²) in [5.41, 5.74) is 3.43. The number of carbonyl (C=O) groups is 1.